The van der Waals surface area contributed by atoms with Gasteiger partial charge in [-0.3, -0.25) is 4.57 Å². The molecule has 0 unspecified atom stereocenters. The Labute approximate surface area is 182 Å². The number of likely N-dealkylation sites (tertiary alicyclic amines) is 1. The van der Waals surface area contributed by atoms with Crippen molar-refractivity contribution in [1.82, 2.24) is 19.7 Å². The Morgan fingerprint density at radius 1 is 1.30 bits per heavy atom. The molecule has 0 radical (unpaired) electrons. The predicted octanol–water partition coefficient (Wildman–Crippen LogP) is 4.49. The quantitative estimate of drug-likeness (QED) is 0.476. The first-order valence-electron chi connectivity index (χ1n) is 10.1. The second-order valence-corrected chi connectivity index (χ2v) is 9.31. The largest absolute Gasteiger partial charge is 0.497 e. The van der Waals surface area contributed by atoms with Crippen LogP contribution in [0, 0.1) is 5.92 Å². The minimum absolute atomic E-state index is 0.230. The van der Waals surface area contributed by atoms with Gasteiger partial charge in [-0.15, -0.1) is 16.8 Å². The molecule has 162 valence electrons. The Hall–Kier alpha value is -2.48. The van der Waals surface area contributed by atoms with E-state index in [4.69, 9.17) is 9.47 Å². The average Bonchev–Trinajstić information content (AvgIpc) is 3.33. The van der Waals surface area contributed by atoms with Gasteiger partial charge in [0.1, 0.15) is 11.4 Å². The number of allylic oxidation sites excluding steroid dienone is 1. The van der Waals surface area contributed by atoms with Crippen molar-refractivity contribution < 1.29 is 14.3 Å². The standard InChI is InChI=1S/C22H30N4O3S/c1-6-12-26-19(17-7-9-18(28-5)10-8-17)23-24-20(26)30-15-16-11-13-25(14-16)21(27)29-22(2,3)4/h6-10,16H,1,11-15H2,2-5H3/t16-/m1/s1. The molecule has 0 spiro atoms. The third kappa shape index (κ3) is 5.56. The van der Waals surface area contributed by atoms with Gasteiger partial charge in [-0.25, -0.2) is 4.79 Å². The van der Waals surface area contributed by atoms with E-state index in [0.717, 1.165) is 41.0 Å². The topological polar surface area (TPSA) is 69.5 Å². The summed E-state index contributed by atoms with van der Waals surface area (Å²) in [5.41, 5.74) is 0.511. The summed E-state index contributed by atoms with van der Waals surface area (Å²) in [7, 11) is 1.65. The first-order chi connectivity index (χ1) is 14.3. The van der Waals surface area contributed by atoms with E-state index in [1.165, 1.54) is 0 Å². The smallest absolute Gasteiger partial charge is 0.410 e. The van der Waals surface area contributed by atoms with Crippen molar-refractivity contribution >= 4 is 17.9 Å². The molecule has 1 aromatic carbocycles. The number of ether oxygens (including phenoxy) is 2. The highest BCUT2D eigenvalue weighted by Crippen LogP contribution is 2.29. The minimum atomic E-state index is -0.469. The summed E-state index contributed by atoms with van der Waals surface area (Å²) in [6, 6.07) is 7.79. The zero-order chi connectivity index (χ0) is 21.7. The van der Waals surface area contributed by atoms with E-state index in [1.54, 1.807) is 23.8 Å². The number of methoxy groups -OCH3 is 1. The molecule has 8 heteroatoms. The molecule has 3 rings (SSSR count). The lowest BCUT2D eigenvalue weighted by atomic mass is 10.2. The number of amides is 1. The summed E-state index contributed by atoms with van der Waals surface area (Å²) in [6.45, 7) is 11.6. The Balaban J connectivity index is 1.64. The Morgan fingerprint density at radius 3 is 2.67 bits per heavy atom. The van der Waals surface area contributed by atoms with Crippen LogP contribution in [0.4, 0.5) is 4.79 Å². The second kappa shape index (κ2) is 9.55. The fraction of sp³-hybridized carbons (Fsp3) is 0.500. The molecule has 7 nitrogen and oxygen atoms in total. The molecule has 1 aromatic heterocycles. The number of benzene rings is 1. The lowest BCUT2D eigenvalue weighted by molar-refractivity contribution is 0.0289. The van der Waals surface area contributed by atoms with Crippen LogP contribution in [0.5, 0.6) is 5.75 Å². The van der Waals surface area contributed by atoms with Gasteiger partial charge < -0.3 is 14.4 Å². The molecule has 1 atom stereocenters. The molecule has 1 saturated heterocycles. The van der Waals surface area contributed by atoms with Gasteiger partial charge in [0.15, 0.2) is 11.0 Å². The number of thioether (sulfide) groups is 1. The highest BCUT2D eigenvalue weighted by atomic mass is 32.2. The fourth-order valence-corrected chi connectivity index (χ4v) is 4.37. The van der Waals surface area contributed by atoms with Crippen molar-refractivity contribution in [3.05, 3.63) is 36.9 Å². The van der Waals surface area contributed by atoms with Crippen molar-refractivity contribution in [3.8, 4) is 17.1 Å². The summed E-state index contributed by atoms with van der Waals surface area (Å²) in [6.07, 6.45) is 2.58. The van der Waals surface area contributed by atoms with E-state index in [-0.39, 0.29) is 6.09 Å². The molecule has 30 heavy (non-hydrogen) atoms. The Morgan fingerprint density at radius 2 is 2.03 bits per heavy atom. The maximum atomic E-state index is 12.3. The van der Waals surface area contributed by atoms with Gasteiger partial charge in [0.2, 0.25) is 0 Å². The summed E-state index contributed by atoms with van der Waals surface area (Å²) in [4.78, 5) is 14.1. The molecular formula is C22H30N4O3S. The maximum Gasteiger partial charge on any atom is 0.410 e. The number of hydrogen-bond donors (Lipinski definition) is 0. The highest BCUT2D eigenvalue weighted by Gasteiger charge is 2.30. The third-order valence-corrected chi connectivity index (χ3v) is 5.96. The molecule has 0 saturated carbocycles. The molecule has 1 aliphatic rings. The normalized spacial score (nSPS) is 16.5. The van der Waals surface area contributed by atoms with E-state index in [1.807, 2.05) is 51.1 Å². The zero-order valence-corrected chi connectivity index (χ0v) is 18.9. The summed E-state index contributed by atoms with van der Waals surface area (Å²) in [5.74, 6) is 2.89. The van der Waals surface area contributed by atoms with Crippen LogP contribution >= 0.6 is 11.8 Å². The van der Waals surface area contributed by atoms with Gasteiger partial charge in [-0.1, -0.05) is 17.8 Å². The van der Waals surface area contributed by atoms with E-state index in [2.05, 4.69) is 21.3 Å². The van der Waals surface area contributed by atoms with Crippen LogP contribution in [0.2, 0.25) is 0 Å². The molecule has 1 amide bonds. The van der Waals surface area contributed by atoms with Crippen LogP contribution in [-0.2, 0) is 11.3 Å². The molecule has 0 N–H and O–H groups in total. The third-order valence-electron chi connectivity index (χ3n) is 4.76. The number of aromatic nitrogens is 3. The van der Waals surface area contributed by atoms with Gasteiger partial charge in [-0.2, -0.15) is 0 Å². The average molecular weight is 431 g/mol. The second-order valence-electron chi connectivity index (χ2n) is 8.33. The number of hydrogen-bond acceptors (Lipinski definition) is 6. The zero-order valence-electron chi connectivity index (χ0n) is 18.1. The van der Waals surface area contributed by atoms with Crippen LogP contribution in [-0.4, -0.2) is 57.3 Å². The molecule has 0 bridgehead atoms. The van der Waals surface area contributed by atoms with E-state index in [9.17, 15) is 4.79 Å². The predicted molar refractivity (Wildman–Crippen MR) is 119 cm³/mol. The molecule has 2 aromatic rings. The summed E-state index contributed by atoms with van der Waals surface area (Å²) in [5, 5.41) is 9.67. The number of carbonyl (C=O) groups is 1. The Kier molecular flexibility index (Phi) is 7.07. The number of rotatable bonds is 7. The van der Waals surface area contributed by atoms with Crippen molar-refractivity contribution in [1.29, 1.82) is 0 Å². The minimum Gasteiger partial charge on any atom is -0.497 e. The fourth-order valence-electron chi connectivity index (χ4n) is 3.30. The van der Waals surface area contributed by atoms with Crippen molar-refractivity contribution in [2.24, 2.45) is 5.92 Å². The van der Waals surface area contributed by atoms with Crippen molar-refractivity contribution in [3.63, 3.8) is 0 Å². The Bertz CT molecular complexity index is 873. The van der Waals surface area contributed by atoms with Crippen LogP contribution in [0.1, 0.15) is 27.2 Å². The lowest BCUT2D eigenvalue weighted by Crippen LogP contribution is -2.35. The van der Waals surface area contributed by atoms with E-state index < -0.39 is 5.60 Å². The summed E-state index contributed by atoms with van der Waals surface area (Å²) >= 11 is 1.67. The molecule has 1 aliphatic heterocycles. The summed E-state index contributed by atoms with van der Waals surface area (Å²) < 4.78 is 12.8. The van der Waals surface area contributed by atoms with Crippen LogP contribution < -0.4 is 4.74 Å². The van der Waals surface area contributed by atoms with Gasteiger partial charge in [-0.05, 0) is 57.4 Å². The van der Waals surface area contributed by atoms with Crippen LogP contribution in [0.25, 0.3) is 11.4 Å². The van der Waals surface area contributed by atoms with Crippen LogP contribution in [0.3, 0.4) is 0 Å². The molecule has 0 aliphatic carbocycles. The maximum absolute atomic E-state index is 12.3. The first kappa shape index (κ1) is 22.2. The van der Waals surface area contributed by atoms with Crippen molar-refractivity contribution in [2.75, 3.05) is 26.0 Å². The molecule has 1 fully saturated rings. The monoisotopic (exact) mass is 430 g/mol. The van der Waals surface area contributed by atoms with Gasteiger partial charge in [0.05, 0.1) is 7.11 Å². The SMILES string of the molecule is C=CCn1c(SC[C@@H]2CCN(C(=O)OC(C)(C)C)C2)nnc1-c1ccc(OC)cc1. The van der Waals surface area contributed by atoms with Gasteiger partial charge >= 0.3 is 6.09 Å². The van der Waals surface area contributed by atoms with Crippen LogP contribution in [0.15, 0.2) is 42.1 Å². The number of carbonyl (C=O) groups excluding carboxylic acids is 1. The lowest BCUT2D eigenvalue weighted by Gasteiger charge is -2.24. The van der Waals surface area contributed by atoms with Gasteiger partial charge in [0.25, 0.3) is 0 Å². The highest BCUT2D eigenvalue weighted by molar-refractivity contribution is 7.99. The van der Waals surface area contributed by atoms with E-state index >= 15 is 0 Å². The van der Waals surface area contributed by atoms with Gasteiger partial charge in [0, 0.05) is 31.0 Å². The van der Waals surface area contributed by atoms with E-state index in [0.29, 0.717) is 19.0 Å². The van der Waals surface area contributed by atoms with Crippen molar-refractivity contribution in [2.45, 2.75) is 44.5 Å². The number of nitrogens with zero attached hydrogens (tertiary/aromatic N) is 4. The molecule has 2 heterocycles. The first-order valence-corrected chi connectivity index (χ1v) is 11.1. The molecular weight excluding hydrogens is 400 g/mol.